The number of Topliss-reactive ketones (excluding diaryl/α,β-unsaturated/α-hetero) is 1. The standard InChI is InChI=1S/C29H30N2O7S/c1-5-7-15-38-21-10-8-9-19(16-21)24(32)22-23(18-11-13-20(36-4)14-12-18)31(27(34)25(22)33)29-30-17(3)26(39-29)28(35)37-6-2/h8-14,16,23,32H,5-7,15H2,1-4H3. The number of hydrogen-bond acceptors (Lipinski definition) is 9. The average molecular weight is 551 g/mol. The van der Waals surface area contributed by atoms with Gasteiger partial charge >= 0.3 is 11.9 Å². The predicted octanol–water partition coefficient (Wildman–Crippen LogP) is 5.44. The van der Waals surface area contributed by atoms with Gasteiger partial charge in [0.2, 0.25) is 0 Å². The van der Waals surface area contributed by atoms with Crippen molar-refractivity contribution in [3.05, 3.63) is 75.8 Å². The molecule has 0 aliphatic carbocycles. The number of ether oxygens (including phenoxy) is 3. The van der Waals surface area contributed by atoms with E-state index in [1.165, 1.54) is 12.0 Å². The molecule has 1 fully saturated rings. The molecule has 2 heterocycles. The number of thiazole rings is 1. The van der Waals surface area contributed by atoms with Crippen molar-refractivity contribution < 1.29 is 33.7 Å². The highest BCUT2D eigenvalue weighted by molar-refractivity contribution is 7.17. The highest BCUT2D eigenvalue weighted by Gasteiger charge is 2.48. The first kappa shape index (κ1) is 27.8. The lowest BCUT2D eigenvalue weighted by atomic mass is 9.95. The van der Waals surface area contributed by atoms with Crippen molar-refractivity contribution in [2.24, 2.45) is 0 Å². The predicted molar refractivity (Wildman–Crippen MR) is 147 cm³/mol. The summed E-state index contributed by atoms with van der Waals surface area (Å²) in [7, 11) is 1.53. The monoisotopic (exact) mass is 550 g/mol. The van der Waals surface area contributed by atoms with Gasteiger partial charge in [-0.05, 0) is 50.1 Å². The maximum Gasteiger partial charge on any atom is 0.350 e. The molecule has 1 N–H and O–H groups in total. The van der Waals surface area contributed by atoms with E-state index in [2.05, 4.69) is 11.9 Å². The molecule has 10 heteroatoms. The van der Waals surface area contributed by atoms with E-state index in [1.54, 1.807) is 62.4 Å². The van der Waals surface area contributed by atoms with E-state index in [0.29, 0.717) is 34.9 Å². The van der Waals surface area contributed by atoms with Crippen molar-refractivity contribution in [2.45, 2.75) is 39.7 Å². The van der Waals surface area contributed by atoms with Crippen LogP contribution in [0.25, 0.3) is 5.76 Å². The summed E-state index contributed by atoms with van der Waals surface area (Å²) >= 11 is 0.958. The largest absolute Gasteiger partial charge is 0.507 e. The molecule has 0 radical (unpaired) electrons. The number of hydrogen-bond donors (Lipinski definition) is 1. The summed E-state index contributed by atoms with van der Waals surface area (Å²) in [4.78, 5) is 45.2. The summed E-state index contributed by atoms with van der Waals surface area (Å²) in [6.07, 6.45) is 1.85. The molecule has 1 aliphatic heterocycles. The molecule has 0 saturated carbocycles. The third kappa shape index (κ3) is 5.65. The van der Waals surface area contributed by atoms with Gasteiger partial charge in [0.05, 0.1) is 37.6 Å². The second-order valence-corrected chi connectivity index (χ2v) is 9.78. The van der Waals surface area contributed by atoms with E-state index >= 15 is 0 Å². The van der Waals surface area contributed by atoms with Crippen molar-refractivity contribution in [1.29, 1.82) is 0 Å². The van der Waals surface area contributed by atoms with Crippen molar-refractivity contribution in [2.75, 3.05) is 25.2 Å². The number of carbonyl (C=O) groups excluding carboxylic acids is 3. The van der Waals surface area contributed by atoms with E-state index in [-0.39, 0.29) is 27.9 Å². The maximum atomic E-state index is 13.5. The molecule has 1 unspecified atom stereocenters. The Kier molecular flexibility index (Phi) is 8.65. The summed E-state index contributed by atoms with van der Waals surface area (Å²) in [5.41, 5.74) is 1.17. The number of carbonyl (C=O) groups is 3. The first-order valence-corrected chi connectivity index (χ1v) is 13.4. The molecule has 204 valence electrons. The molecule has 1 atom stereocenters. The number of esters is 1. The minimum Gasteiger partial charge on any atom is -0.507 e. The van der Waals surface area contributed by atoms with Gasteiger partial charge < -0.3 is 19.3 Å². The zero-order chi connectivity index (χ0) is 28.1. The van der Waals surface area contributed by atoms with Crippen molar-refractivity contribution in [3.63, 3.8) is 0 Å². The van der Waals surface area contributed by atoms with Crippen LogP contribution in [0.2, 0.25) is 0 Å². The van der Waals surface area contributed by atoms with Crippen LogP contribution >= 0.6 is 11.3 Å². The number of aliphatic hydroxyl groups excluding tert-OH is 1. The van der Waals surface area contributed by atoms with Gasteiger partial charge in [0, 0.05) is 5.56 Å². The molecule has 2 aromatic carbocycles. The van der Waals surface area contributed by atoms with Gasteiger partial charge in [-0.2, -0.15) is 0 Å². The Hall–Kier alpha value is -4.18. The van der Waals surface area contributed by atoms with Gasteiger partial charge in [-0.25, -0.2) is 9.78 Å². The van der Waals surface area contributed by atoms with E-state index in [9.17, 15) is 19.5 Å². The Morgan fingerprint density at radius 3 is 2.51 bits per heavy atom. The van der Waals surface area contributed by atoms with Crippen LogP contribution in [0.5, 0.6) is 11.5 Å². The molecule has 0 bridgehead atoms. The normalized spacial score (nSPS) is 16.4. The van der Waals surface area contributed by atoms with E-state index in [0.717, 1.165) is 24.2 Å². The number of aliphatic hydroxyl groups is 1. The van der Waals surface area contributed by atoms with Crippen LogP contribution in [0, 0.1) is 6.92 Å². The van der Waals surface area contributed by atoms with Gasteiger partial charge in [0.1, 0.15) is 22.1 Å². The maximum absolute atomic E-state index is 13.5. The van der Waals surface area contributed by atoms with Crippen LogP contribution in [0.3, 0.4) is 0 Å². The topological polar surface area (TPSA) is 115 Å². The van der Waals surface area contributed by atoms with E-state index < -0.39 is 23.7 Å². The van der Waals surface area contributed by atoms with Crippen molar-refractivity contribution >= 4 is 39.9 Å². The lowest BCUT2D eigenvalue weighted by molar-refractivity contribution is -0.132. The Bertz CT molecular complexity index is 1410. The smallest absolute Gasteiger partial charge is 0.350 e. The SMILES string of the molecule is CCCCOc1cccc(C(O)=C2C(=O)C(=O)N(c3nc(C)c(C(=O)OCC)s3)C2c2ccc(OC)cc2)c1. The third-order valence-electron chi connectivity index (χ3n) is 6.20. The highest BCUT2D eigenvalue weighted by Crippen LogP contribution is 2.44. The van der Waals surface area contributed by atoms with E-state index in [4.69, 9.17) is 14.2 Å². The average Bonchev–Trinajstić information content (AvgIpc) is 3.45. The van der Waals surface area contributed by atoms with Crippen molar-refractivity contribution in [1.82, 2.24) is 4.98 Å². The molecule has 0 spiro atoms. The van der Waals surface area contributed by atoms with Crippen LogP contribution in [0.4, 0.5) is 5.13 Å². The second kappa shape index (κ2) is 12.1. The number of rotatable bonds is 10. The van der Waals surface area contributed by atoms with Gasteiger partial charge in [0.25, 0.3) is 5.78 Å². The van der Waals surface area contributed by atoms with Gasteiger partial charge in [-0.3, -0.25) is 14.5 Å². The number of amides is 1. The number of aryl methyl sites for hydroxylation is 1. The first-order chi connectivity index (χ1) is 18.8. The number of methoxy groups -OCH3 is 1. The number of ketones is 1. The minimum absolute atomic E-state index is 0.0959. The molecule has 4 rings (SSSR count). The molecule has 1 amide bonds. The summed E-state index contributed by atoms with van der Waals surface area (Å²) in [5, 5.41) is 11.6. The van der Waals surface area contributed by atoms with Crippen LogP contribution in [-0.4, -0.2) is 48.1 Å². The summed E-state index contributed by atoms with van der Waals surface area (Å²) in [6.45, 7) is 6.09. The Morgan fingerprint density at radius 1 is 1.10 bits per heavy atom. The zero-order valence-corrected chi connectivity index (χ0v) is 23.0. The first-order valence-electron chi connectivity index (χ1n) is 12.6. The fourth-order valence-corrected chi connectivity index (χ4v) is 5.21. The van der Waals surface area contributed by atoms with Crippen LogP contribution in [-0.2, 0) is 14.3 Å². The molecule has 9 nitrogen and oxygen atoms in total. The number of benzene rings is 2. The second-order valence-electron chi connectivity index (χ2n) is 8.80. The number of aromatic nitrogens is 1. The van der Waals surface area contributed by atoms with Crippen LogP contribution in [0.1, 0.15) is 59.2 Å². The fraction of sp³-hybridized carbons (Fsp3) is 0.310. The van der Waals surface area contributed by atoms with E-state index in [1.807, 2.05) is 0 Å². The van der Waals surface area contributed by atoms with Crippen molar-refractivity contribution in [3.8, 4) is 11.5 Å². The van der Waals surface area contributed by atoms with Gasteiger partial charge in [-0.15, -0.1) is 0 Å². The summed E-state index contributed by atoms with van der Waals surface area (Å²) in [5.74, 6) is -1.50. The number of nitrogens with zero attached hydrogens (tertiary/aromatic N) is 2. The molecule has 1 aromatic heterocycles. The lowest BCUT2D eigenvalue weighted by Crippen LogP contribution is -2.29. The fourth-order valence-electron chi connectivity index (χ4n) is 4.23. The molecular formula is C29H30N2O7S. The number of anilines is 1. The van der Waals surface area contributed by atoms with Crippen LogP contribution < -0.4 is 14.4 Å². The Labute approximate surface area is 230 Å². The third-order valence-corrected chi connectivity index (χ3v) is 7.34. The molecule has 39 heavy (non-hydrogen) atoms. The van der Waals surface area contributed by atoms with Gasteiger partial charge in [0.15, 0.2) is 5.13 Å². The van der Waals surface area contributed by atoms with Crippen LogP contribution in [0.15, 0.2) is 54.1 Å². The molecular weight excluding hydrogens is 520 g/mol. The quantitative estimate of drug-likeness (QED) is 0.117. The minimum atomic E-state index is -0.999. The number of unbranched alkanes of at least 4 members (excludes halogenated alkanes) is 1. The molecule has 3 aromatic rings. The lowest BCUT2D eigenvalue weighted by Gasteiger charge is -2.23. The summed E-state index contributed by atoms with van der Waals surface area (Å²) in [6, 6.07) is 12.6. The summed E-state index contributed by atoms with van der Waals surface area (Å²) < 4.78 is 16.2. The zero-order valence-electron chi connectivity index (χ0n) is 22.2. The Morgan fingerprint density at radius 2 is 1.85 bits per heavy atom. The Balaban J connectivity index is 1.85. The molecule has 1 aliphatic rings. The van der Waals surface area contributed by atoms with Gasteiger partial charge in [-0.1, -0.05) is 48.9 Å². The molecule has 1 saturated heterocycles. The highest BCUT2D eigenvalue weighted by atomic mass is 32.1.